The Bertz CT molecular complexity index is 277. The summed E-state index contributed by atoms with van der Waals surface area (Å²) in [6.45, 7) is 2.12. The maximum absolute atomic E-state index is 5.25. The zero-order chi connectivity index (χ0) is 10.2. The van der Waals surface area contributed by atoms with Crippen molar-refractivity contribution in [3.05, 3.63) is 30.3 Å². The van der Waals surface area contributed by atoms with E-state index in [2.05, 4.69) is 12.4 Å². The number of thiocarbonyl (C=S) groups is 1. The lowest BCUT2D eigenvalue weighted by molar-refractivity contribution is 0.268. The fourth-order valence-electron chi connectivity index (χ4n) is 0.813. The third-order valence-corrected chi connectivity index (χ3v) is 2.83. The zero-order valence-corrected chi connectivity index (χ0v) is 9.66. The van der Waals surface area contributed by atoms with Gasteiger partial charge in [0.1, 0.15) is 0 Å². The molecule has 0 fully saturated rings. The Morgan fingerprint density at radius 1 is 1.43 bits per heavy atom. The molecule has 0 atom stereocenters. The summed E-state index contributed by atoms with van der Waals surface area (Å²) in [5, 5.41) is 0. The lowest BCUT2D eigenvalue weighted by Crippen LogP contribution is -2.22. The summed E-state index contributed by atoms with van der Waals surface area (Å²) >= 11 is 6.64. The van der Waals surface area contributed by atoms with Crippen LogP contribution in [0.5, 0.6) is 5.75 Å². The molecule has 0 saturated carbocycles. The molecule has 1 aromatic rings. The lowest BCUT2D eigenvalue weighted by Gasteiger charge is -2.07. The Morgan fingerprint density at radius 2 is 2.14 bits per heavy atom. The van der Waals surface area contributed by atoms with Crippen LogP contribution >= 0.6 is 24.0 Å². The van der Waals surface area contributed by atoms with Crippen LogP contribution in [0.4, 0.5) is 0 Å². The van der Waals surface area contributed by atoms with Gasteiger partial charge in [0.25, 0.3) is 0 Å². The van der Waals surface area contributed by atoms with Gasteiger partial charge >= 0.3 is 0 Å². The Labute approximate surface area is 94.0 Å². The molecule has 1 aromatic carbocycles. The van der Waals surface area contributed by atoms with Crippen molar-refractivity contribution >= 4 is 28.3 Å². The van der Waals surface area contributed by atoms with Gasteiger partial charge in [0, 0.05) is 5.75 Å². The fraction of sp³-hybridized carbons (Fsp3) is 0.300. The molecule has 0 radical (unpaired) electrons. The molecule has 14 heavy (non-hydrogen) atoms. The largest absolute Gasteiger partial charge is 0.381 e. The second-order valence-electron chi connectivity index (χ2n) is 2.65. The Morgan fingerprint density at radius 3 is 2.79 bits per heavy atom. The van der Waals surface area contributed by atoms with Crippen molar-refractivity contribution in [2.45, 2.75) is 13.3 Å². The van der Waals surface area contributed by atoms with Gasteiger partial charge in [0.05, 0.1) is 0 Å². The normalized spacial score (nSPS) is 9.50. The maximum atomic E-state index is 5.25. The molecule has 0 aliphatic rings. The van der Waals surface area contributed by atoms with Crippen molar-refractivity contribution in [3.63, 3.8) is 0 Å². The molecule has 0 amide bonds. The smallest absolute Gasteiger partial charge is 0.168 e. The van der Waals surface area contributed by atoms with E-state index < -0.39 is 0 Å². The van der Waals surface area contributed by atoms with Gasteiger partial charge in [0.15, 0.2) is 10.1 Å². The molecule has 76 valence electrons. The van der Waals surface area contributed by atoms with Crippen LogP contribution in [-0.2, 0) is 0 Å². The quantitative estimate of drug-likeness (QED) is 0.630. The van der Waals surface area contributed by atoms with E-state index in [0.29, 0.717) is 4.32 Å². The molecular weight excluding hydrogens is 214 g/mol. The van der Waals surface area contributed by atoms with Crippen LogP contribution in [0.3, 0.4) is 0 Å². The summed E-state index contributed by atoms with van der Waals surface area (Å²) in [6.07, 6.45) is 1.11. The van der Waals surface area contributed by atoms with Gasteiger partial charge in [-0.15, -0.1) is 0 Å². The number of thioether (sulfide) groups is 1. The van der Waals surface area contributed by atoms with Crippen LogP contribution in [0.1, 0.15) is 13.3 Å². The molecular formula is C10H13NOS2. The van der Waals surface area contributed by atoms with Gasteiger partial charge in [0.2, 0.25) is 0 Å². The average molecular weight is 227 g/mol. The predicted octanol–water partition coefficient (Wildman–Crippen LogP) is 3.00. The number of hydrogen-bond donors (Lipinski definition) is 1. The molecule has 0 spiro atoms. The standard InChI is InChI=1S/C10H13NOS2/c1-2-8-14-10(13)11-12-9-6-4-3-5-7-9/h3-7H,2,8H2,1H3,(H,11,13). The van der Waals surface area contributed by atoms with Gasteiger partial charge in [-0.1, -0.05) is 36.9 Å². The molecule has 0 heterocycles. The topological polar surface area (TPSA) is 21.3 Å². The molecule has 2 nitrogen and oxygen atoms in total. The Hall–Kier alpha value is -0.740. The van der Waals surface area contributed by atoms with Crippen molar-refractivity contribution in [2.75, 3.05) is 5.75 Å². The van der Waals surface area contributed by atoms with Crippen molar-refractivity contribution in [1.29, 1.82) is 0 Å². The summed E-state index contributed by atoms with van der Waals surface area (Å²) in [6, 6.07) is 9.52. The van der Waals surface area contributed by atoms with E-state index in [0.717, 1.165) is 17.9 Å². The van der Waals surface area contributed by atoms with Gasteiger partial charge in [-0.2, -0.15) is 0 Å². The molecule has 0 saturated heterocycles. The summed E-state index contributed by atoms with van der Waals surface area (Å²) in [5.41, 5.74) is 2.73. The van der Waals surface area contributed by atoms with Crippen LogP contribution in [0, 0.1) is 0 Å². The van der Waals surface area contributed by atoms with Crippen molar-refractivity contribution in [2.24, 2.45) is 0 Å². The Kier molecular flexibility index (Phi) is 5.40. The molecule has 0 aliphatic heterocycles. The van der Waals surface area contributed by atoms with Crippen LogP contribution in [0.15, 0.2) is 30.3 Å². The summed E-state index contributed by atoms with van der Waals surface area (Å²) in [7, 11) is 0. The van der Waals surface area contributed by atoms with E-state index in [9.17, 15) is 0 Å². The minimum Gasteiger partial charge on any atom is -0.381 e. The molecule has 4 heteroatoms. The third-order valence-electron chi connectivity index (χ3n) is 1.43. The number of hydroxylamine groups is 1. The van der Waals surface area contributed by atoms with Crippen molar-refractivity contribution in [3.8, 4) is 5.75 Å². The highest BCUT2D eigenvalue weighted by Crippen LogP contribution is 2.08. The van der Waals surface area contributed by atoms with E-state index in [1.165, 1.54) is 0 Å². The second kappa shape index (κ2) is 6.68. The molecule has 0 aromatic heterocycles. The third kappa shape index (κ3) is 4.48. The minimum atomic E-state index is 0.677. The summed E-state index contributed by atoms with van der Waals surface area (Å²) in [4.78, 5) is 5.25. The van der Waals surface area contributed by atoms with Crippen LogP contribution in [0.25, 0.3) is 0 Å². The van der Waals surface area contributed by atoms with Gasteiger partial charge < -0.3 is 4.84 Å². The molecule has 1 N–H and O–H groups in total. The number of benzene rings is 1. The van der Waals surface area contributed by atoms with Crippen LogP contribution < -0.4 is 10.3 Å². The molecule has 0 aliphatic carbocycles. The minimum absolute atomic E-state index is 0.677. The zero-order valence-electron chi connectivity index (χ0n) is 8.03. The molecule has 0 unspecified atom stereocenters. The van der Waals surface area contributed by atoms with Crippen molar-refractivity contribution in [1.82, 2.24) is 5.48 Å². The highest BCUT2D eigenvalue weighted by atomic mass is 32.2. The first kappa shape index (κ1) is 11.3. The van der Waals surface area contributed by atoms with Crippen LogP contribution in [-0.4, -0.2) is 10.1 Å². The predicted molar refractivity (Wildman–Crippen MR) is 65.6 cm³/mol. The average Bonchev–Trinajstić information content (AvgIpc) is 2.25. The number of hydrogen-bond acceptors (Lipinski definition) is 3. The molecule has 1 rings (SSSR count). The first-order valence-corrected chi connectivity index (χ1v) is 5.87. The first-order chi connectivity index (χ1) is 6.83. The lowest BCUT2D eigenvalue weighted by atomic mass is 10.3. The second-order valence-corrected chi connectivity index (χ2v) is 4.42. The van der Waals surface area contributed by atoms with Crippen molar-refractivity contribution < 1.29 is 4.84 Å². The maximum Gasteiger partial charge on any atom is 0.168 e. The number of nitrogens with one attached hydrogen (secondary N) is 1. The first-order valence-electron chi connectivity index (χ1n) is 4.47. The molecule has 0 bridgehead atoms. The SMILES string of the molecule is CCCSC(=S)NOc1ccccc1. The highest BCUT2D eigenvalue weighted by Gasteiger charge is 1.96. The van der Waals surface area contributed by atoms with Crippen LogP contribution in [0.2, 0.25) is 0 Å². The Balaban J connectivity index is 2.24. The van der Waals surface area contributed by atoms with Gasteiger partial charge in [-0.25, -0.2) is 5.48 Å². The van der Waals surface area contributed by atoms with E-state index in [4.69, 9.17) is 17.1 Å². The monoisotopic (exact) mass is 227 g/mol. The van der Waals surface area contributed by atoms with Gasteiger partial charge in [-0.05, 0) is 30.8 Å². The van der Waals surface area contributed by atoms with E-state index >= 15 is 0 Å². The van der Waals surface area contributed by atoms with E-state index in [1.807, 2.05) is 30.3 Å². The number of para-hydroxylation sites is 1. The highest BCUT2D eigenvalue weighted by molar-refractivity contribution is 8.22. The number of rotatable bonds is 4. The fourth-order valence-corrected chi connectivity index (χ4v) is 1.60. The van der Waals surface area contributed by atoms with Gasteiger partial charge in [-0.3, -0.25) is 0 Å². The van der Waals surface area contributed by atoms with E-state index in [-0.39, 0.29) is 0 Å². The summed E-state index contributed by atoms with van der Waals surface area (Å²) in [5.74, 6) is 1.79. The van der Waals surface area contributed by atoms with E-state index in [1.54, 1.807) is 11.8 Å². The summed E-state index contributed by atoms with van der Waals surface area (Å²) < 4.78 is 0.677.